The second-order valence-electron chi connectivity index (χ2n) is 6.79. The van der Waals surface area contributed by atoms with Gasteiger partial charge in [0.05, 0.1) is 18.4 Å². The van der Waals surface area contributed by atoms with Crippen molar-refractivity contribution in [1.29, 1.82) is 5.26 Å². The van der Waals surface area contributed by atoms with Gasteiger partial charge >= 0.3 is 5.97 Å². The van der Waals surface area contributed by atoms with Crippen LogP contribution >= 0.6 is 0 Å². The van der Waals surface area contributed by atoms with Gasteiger partial charge in [-0.1, -0.05) is 12.1 Å². The third-order valence-corrected chi connectivity index (χ3v) is 4.95. The molecule has 2 aromatic carbocycles. The lowest BCUT2D eigenvalue weighted by Crippen LogP contribution is -2.01. The molecule has 4 rings (SSSR count). The number of fused-ring (bicyclic) bond motifs is 1. The molecule has 31 heavy (non-hydrogen) atoms. The topological polar surface area (TPSA) is 102 Å². The first-order valence-corrected chi connectivity index (χ1v) is 9.42. The maximum atomic E-state index is 11.2. The van der Waals surface area contributed by atoms with E-state index in [1.807, 2.05) is 18.2 Å². The zero-order valence-electron chi connectivity index (χ0n) is 16.9. The Balaban J connectivity index is 1.98. The van der Waals surface area contributed by atoms with Gasteiger partial charge < -0.3 is 19.3 Å². The molecule has 7 nitrogen and oxygen atoms in total. The number of carbonyl (C=O) groups is 1. The Hall–Kier alpha value is -4.31. The third kappa shape index (κ3) is 3.79. The molecular formula is C24H18N2O5. The van der Waals surface area contributed by atoms with Crippen molar-refractivity contribution in [2.45, 2.75) is 6.92 Å². The van der Waals surface area contributed by atoms with Crippen molar-refractivity contribution in [3.05, 3.63) is 65.4 Å². The van der Waals surface area contributed by atoms with Crippen molar-refractivity contribution in [3.8, 4) is 45.7 Å². The molecule has 1 aromatic heterocycles. The zero-order valence-corrected chi connectivity index (χ0v) is 16.9. The van der Waals surface area contributed by atoms with E-state index in [4.69, 9.17) is 19.3 Å². The molecule has 0 unspecified atom stereocenters. The molecule has 0 atom stereocenters. The Morgan fingerprint density at radius 2 is 1.87 bits per heavy atom. The molecule has 154 valence electrons. The number of aliphatic carboxylic acids is 1. The monoisotopic (exact) mass is 414 g/mol. The van der Waals surface area contributed by atoms with Crippen LogP contribution in [0.3, 0.4) is 0 Å². The molecular weight excluding hydrogens is 396 g/mol. The van der Waals surface area contributed by atoms with Crippen molar-refractivity contribution in [2.24, 2.45) is 0 Å². The van der Waals surface area contributed by atoms with Crippen molar-refractivity contribution in [1.82, 2.24) is 4.98 Å². The maximum absolute atomic E-state index is 11.2. The highest BCUT2D eigenvalue weighted by Gasteiger charge is 2.22. The van der Waals surface area contributed by atoms with Crippen molar-refractivity contribution in [2.75, 3.05) is 13.9 Å². The summed E-state index contributed by atoms with van der Waals surface area (Å²) < 4.78 is 16.1. The van der Waals surface area contributed by atoms with Crippen LogP contribution in [0.2, 0.25) is 0 Å². The number of hydrogen-bond acceptors (Lipinski definition) is 6. The zero-order chi connectivity index (χ0) is 22.0. The van der Waals surface area contributed by atoms with E-state index in [1.54, 1.807) is 38.3 Å². The maximum Gasteiger partial charge on any atom is 0.328 e. The van der Waals surface area contributed by atoms with Crippen LogP contribution in [0, 0.1) is 18.3 Å². The van der Waals surface area contributed by atoms with Gasteiger partial charge in [0.15, 0.2) is 11.5 Å². The van der Waals surface area contributed by atoms with E-state index in [2.05, 4.69) is 11.1 Å². The summed E-state index contributed by atoms with van der Waals surface area (Å²) in [7, 11) is 1.57. The van der Waals surface area contributed by atoms with Crippen LogP contribution in [0.15, 0.2) is 48.5 Å². The number of carboxylic acid groups (broad SMARTS) is 1. The van der Waals surface area contributed by atoms with E-state index in [1.165, 1.54) is 6.08 Å². The number of nitriles is 1. The highest BCUT2D eigenvalue weighted by molar-refractivity contribution is 5.92. The lowest BCUT2D eigenvalue weighted by molar-refractivity contribution is -0.131. The highest BCUT2D eigenvalue weighted by Crippen LogP contribution is 2.40. The van der Waals surface area contributed by atoms with Gasteiger partial charge in [0, 0.05) is 28.5 Å². The molecule has 0 saturated carbocycles. The minimum absolute atomic E-state index is 0.145. The normalized spacial score (nSPS) is 12.0. The SMILES string of the molecule is COc1ccc(-c2c(C#N)c(-c3ccc4c(c3)OCO4)nc(C)c2C=CC(=O)O)cc1. The number of ether oxygens (including phenoxy) is 3. The molecule has 0 bridgehead atoms. The summed E-state index contributed by atoms with van der Waals surface area (Å²) in [5.41, 5.74) is 4.02. The lowest BCUT2D eigenvalue weighted by Gasteiger charge is -2.16. The molecule has 1 aliphatic heterocycles. The fourth-order valence-corrected chi connectivity index (χ4v) is 3.50. The second-order valence-corrected chi connectivity index (χ2v) is 6.79. The van der Waals surface area contributed by atoms with Crippen LogP contribution in [0.4, 0.5) is 0 Å². The Labute approximate surface area is 178 Å². The summed E-state index contributed by atoms with van der Waals surface area (Å²) in [4.78, 5) is 15.8. The molecule has 1 N–H and O–H groups in total. The lowest BCUT2D eigenvalue weighted by atomic mass is 9.90. The smallest absolute Gasteiger partial charge is 0.328 e. The number of methoxy groups -OCH3 is 1. The van der Waals surface area contributed by atoms with Gasteiger partial charge in [0.2, 0.25) is 6.79 Å². The standard InChI is InChI=1S/C24H18N2O5/c1-14-18(8-10-22(27)28)23(15-3-6-17(29-2)7-4-15)19(12-25)24(26-14)16-5-9-20-21(11-16)31-13-30-20/h3-11H,13H2,1-2H3,(H,27,28). The molecule has 3 aromatic rings. The number of rotatable bonds is 5. The third-order valence-electron chi connectivity index (χ3n) is 4.95. The first kappa shape index (κ1) is 20.0. The van der Waals surface area contributed by atoms with Gasteiger partial charge in [-0.2, -0.15) is 5.26 Å². The average Bonchev–Trinajstić information content (AvgIpc) is 3.25. The van der Waals surface area contributed by atoms with Crippen LogP contribution in [-0.2, 0) is 4.79 Å². The van der Waals surface area contributed by atoms with E-state index in [0.717, 1.165) is 11.6 Å². The minimum Gasteiger partial charge on any atom is -0.497 e. The van der Waals surface area contributed by atoms with Crippen molar-refractivity contribution in [3.63, 3.8) is 0 Å². The van der Waals surface area contributed by atoms with Crippen LogP contribution in [0.5, 0.6) is 17.2 Å². The number of nitrogens with zero attached hydrogens (tertiary/aromatic N) is 2. The van der Waals surface area contributed by atoms with Gasteiger partial charge in [0.25, 0.3) is 0 Å². The van der Waals surface area contributed by atoms with Crippen molar-refractivity contribution < 1.29 is 24.1 Å². The van der Waals surface area contributed by atoms with E-state index < -0.39 is 5.97 Å². The first-order chi connectivity index (χ1) is 15.0. The Morgan fingerprint density at radius 1 is 1.16 bits per heavy atom. The van der Waals surface area contributed by atoms with Gasteiger partial charge in [-0.3, -0.25) is 4.98 Å². The van der Waals surface area contributed by atoms with Gasteiger partial charge in [-0.05, 0) is 48.9 Å². The molecule has 7 heteroatoms. The van der Waals surface area contributed by atoms with Crippen LogP contribution in [-0.4, -0.2) is 30.0 Å². The summed E-state index contributed by atoms with van der Waals surface area (Å²) in [6, 6.07) is 14.9. The molecule has 1 aliphatic rings. The Kier molecular flexibility index (Phi) is 5.29. The minimum atomic E-state index is -1.08. The summed E-state index contributed by atoms with van der Waals surface area (Å²) in [5, 5.41) is 19.2. The number of carboxylic acids is 1. The van der Waals surface area contributed by atoms with Crippen molar-refractivity contribution >= 4 is 12.0 Å². The fourth-order valence-electron chi connectivity index (χ4n) is 3.50. The summed E-state index contributed by atoms with van der Waals surface area (Å²) in [6.07, 6.45) is 2.51. The number of hydrogen-bond donors (Lipinski definition) is 1. The number of aromatic nitrogens is 1. The van der Waals surface area contributed by atoms with Gasteiger partial charge in [-0.15, -0.1) is 0 Å². The quantitative estimate of drug-likeness (QED) is 0.616. The summed E-state index contributed by atoms with van der Waals surface area (Å²) in [6.45, 7) is 1.93. The van der Waals surface area contributed by atoms with E-state index >= 15 is 0 Å². The predicted molar refractivity (Wildman–Crippen MR) is 114 cm³/mol. The number of aryl methyl sites for hydroxylation is 1. The number of pyridine rings is 1. The molecule has 0 aliphatic carbocycles. The average molecular weight is 414 g/mol. The number of benzene rings is 2. The van der Waals surface area contributed by atoms with E-state index in [0.29, 0.717) is 50.9 Å². The Bertz CT molecular complexity index is 1240. The molecule has 2 heterocycles. The summed E-state index contributed by atoms with van der Waals surface area (Å²) >= 11 is 0. The van der Waals surface area contributed by atoms with E-state index in [-0.39, 0.29) is 6.79 Å². The van der Waals surface area contributed by atoms with E-state index in [9.17, 15) is 10.1 Å². The first-order valence-electron chi connectivity index (χ1n) is 9.42. The molecule has 0 amide bonds. The molecule has 0 spiro atoms. The van der Waals surface area contributed by atoms with Gasteiger partial charge in [0.1, 0.15) is 11.8 Å². The largest absolute Gasteiger partial charge is 0.497 e. The molecule has 0 saturated heterocycles. The molecule has 0 fully saturated rings. The van der Waals surface area contributed by atoms with Gasteiger partial charge in [-0.25, -0.2) is 4.79 Å². The second kappa shape index (κ2) is 8.20. The highest BCUT2D eigenvalue weighted by atomic mass is 16.7. The van der Waals surface area contributed by atoms with Crippen LogP contribution in [0.25, 0.3) is 28.5 Å². The van der Waals surface area contributed by atoms with Crippen LogP contribution in [0.1, 0.15) is 16.8 Å². The predicted octanol–water partition coefficient (Wildman–Crippen LogP) is 4.43. The van der Waals surface area contributed by atoms with Crippen LogP contribution < -0.4 is 14.2 Å². The molecule has 0 radical (unpaired) electrons. The fraction of sp³-hybridized carbons (Fsp3) is 0.125. The Morgan fingerprint density at radius 3 is 2.55 bits per heavy atom. The summed E-state index contributed by atoms with van der Waals surface area (Å²) in [5.74, 6) is 0.808.